The van der Waals surface area contributed by atoms with E-state index in [1.165, 1.54) is 25.7 Å². The molecule has 3 nitrogen and oxygen atoms in total. The lowest BCUT2D eigenvalue weighted by Gasteiger charge is -2.26. The number of anilines is 1. The molecule has 1 saturated carbocycles. The van der Waals surface area contributed by atoms with Crippen LogP contribution in [0.15, 0.2) is 18.2 Å². The van der Waals surface area contributed by atoms with Gasteiger partial charge >= 0.3 is 0 Å². The van der Waals surface area contributed by atoms with Gasteiger partial charge in [0, 0.05) is 6.54 Å². The zero-order valence-corrected chi connectivity index (χ0v) is 12.0. The van der Waals surface area contributed by atoms with Gasteiger partial charge in [0.1, 0.15) is 0 Å². The minimum atomic E-state index is -0.126. The molecule has 0 aliphatic heterocycles. The Bertz CT molecular complexity index is 453. The summed E-state index contributed by atoms with van der Waals surface area (Å²) in [6.45, 7) is 3.03. The maximum absolute atomic E-state index is 12.1. The molecule has 0 unspecified atom stereocenters. The summed E-state index contributed by atoms with van der Waals surface area (Å²) in [7, 11) is 0. The van der Waals surface area contributed by atoms with Crippen LogP contribution in [0.5, 0.6) is 0 Å². The van der Waals surface area contributed by atoms with Crippen LogP contribution in [0.2, 0.25) is 5.02 Å². The minimum absolute atomic E-state index is 0.126. The fourth-order valence-electron chi connectivity index (χ4n) is 2.60. The second kappa shape index (κ2) is 6.29. The van der Waals surface area contributed by atoms with E-state index in [1.54, 1.807) is 18.2 Å². The Morgan fingerprint density at radius 1 is 1.37 bits per heavy atom. The summed E-state index contributed by atoms with van der Waals surface area (Å²) in [5.41, 5.74) is 6.65. The van der Waals surface area contributed by atoms with E-state index in [1.807, 2.05) is 0 Å². The summed E-state index contributed by atoms with van der Waals surface area (Å²) in [6.07, 6.45) is 4.93. The number of hydrogen-bond donors (Lipinski definition) is 2. The number of nitrogens with one attached hydrogen (secondary N) is 1. The number of hydrogen-bond acceptors (Lipinski definition) is 2. The molecule has 1 amide bonds. The van der Waals surface area contributed by atoms with Crippen molar-refractivity contribution >= 4 is 23.2 Å². The molecule has 0 atom stereocenters. The summed E-state index contributed by atoms with van der Waals surface area (Å²) in [6, 6.07) is 5.14. The van der Waals surface area contributed by atoms with Gasteiger partial charge in [0.25, 0.3) is 5.91 Å². The Hall–Kier alpha value is -1.22. The van der Waals surface area contributed by atoms with E-state index in [2.05, 4.69) is 12.2 Å². The van der Waals surface area contributed by atoms with E-state index in [4.69, 9.17) is 17.3 Å². The van der Waals surface area contributed by atoms with Crippen LogP contribution in [-0.2, 0) is 0 Å². The molecule has 0 heterocycles. The number of rotatable bonds is 3. The van der Waals surface area contributed by atoms with Crippen molar-refractivity contribution in [2.75, 3.05) is 12.3 Å². The average Bonchev–Trinajstić information content (AvgIpc) is 2.41. The number of benzene rings is 1. The van der Waals surface area contributed by atoms with E-state index in [0.29, 0.717) is 22.2 Å². The van der Waals surface area contributed by atoms with Crippen LogP contribution in [0, 0.1) is 11.8 Å². The third kappa shape index (κ3) is 3.63. The second-order valence-electron chi connectivity index (χ2n) is 5.54. The van der Waals surface area contributed by atoms with Crippen molar-refractivity contribution in [1.29, 1.82) is 0 Å². The van der Waals surface area contributed by atoms with Crippen LogP contribution >= 0.6 is 11.6 Å². The molecule has 0 aromatic heterocycles. The zero-order valence-electron chi connectivity index (χ0n) is 11.3. The third-order valence-corrected chi connectivity index (χ3v) is 4.31. The van der Waals surface area contributed by atoms with Crippen molar-refractivity contribution in [3.63, 3.8) is 0 Å². The third-order valence-electron chi connectivity index (χ3n) is 3.98. The van der Waals surface area contributed by atoms with E-state index >= 15 is 0 Å². The van der Waals surface area contributed by atoms with Gasteiger partial charge in [-0.25, -0.2) is 0 Å². The van der Waals surface area contributed by atoms with Crippen LogP contribution in [0.1, 0.15) is 43.0 Å². The van der Waals surface area contributed by atoms with Crippen molar-refractivity contribution in [1.82, 2.24) is 5.32 Å². The van der Waals surface area contributed by atoms with Gasteiger partial charge in [0.2, 0.25) is 0 Å². The minimum Gasteiger partial charge on any atom is -0.397 e. The zero-order chi connectivity index (χ0) is 13.8. The van der Waals surface area contributed by atoms with Gasteiger partial charge in [-0.15, -0.1) is 0 Å². The molecule has 19 heavy (non-hydrogen) atoms. The van der Waals surface area contributed by atoms with E-state index in [-0.39, 0.29) is 5.91 Å². The first kappa shape index (κ1) is 14.2. The maximum atomic E-state index is 12.1. The summed E-state index contributed by atoms with van der Waals surface area (Å²) < 4.78 is 0. The van der Waals surface area contributed by atoms with Crippen molar-refractivity contribution in [3.8, 4) is 0 Å². The van der Waals surface area contributed by atoms with Crippen LogP contribution < -0.4 is 11.1 Å². The Morgan fingerprint density at radius 3 is 2.74 bits per heavy atom. The smallest absolute Gasteiger partial charge is 0.253 e. The lowest BCUT2D eigenvalue weighted by atomic mass is 9.83. The normalized spacial score (nSPS) is 23.1. The van der Waals surface area contributed by atoms with Crippen molar-refractivity contribution in [2.45, 2.75) is 32.6 Å². The van der Waals surface area contributed by atoms with Gasteiger partial charge in [-0.2, -0.15) is 0 Å². The van der Waals surface area contributed by atoms with Crippen LogP contribution in [0.3, 0.4) is 0 Å². The average molecular weight is 281 g/mol. The Kier molecular flexibility index (Phi) is 4.70. The van der Waals surface area contributed by atoms with Crippen molar-refractivity contribution in [2.24, 2.45) is 11.8 Å². The summed E-state index contributed by atoms with van der Waals surface area (Å²) in [5.74, 6) is 1.30. The molecular formula is C15H21ClN2O. The predicted molar refractivity (Wildman–Crippen MR) is 79.3 cm³/mol. The Balaban J connectivity index is 1.89. The number of carbonyl (C=O) groups excluding carboxylic acids is 1. The number of nitrogens with two attached hydrogens (primary N) is 1. The molecule has 1 fully saturated rings. The van der Waals surface area contributed by atoms with E-state index in [0.717, 1.165) is 12.5 Å². The van der Waals surface area contributed by atoms with Gasteiger partial charge in [0.05, 0.1) is 16.3 Å². The first-order valence-electron chi connectivity index (χ1n) is 6.90. The summed E-state index contributed by atoms with van der Waals surface area (Å²) in [4.78, 5) is 12.1. The summed E-state index contributed by atoms with van der Waals surface area (Å²) >= 11 is 5.92. The molecule has 1 aliphatic rings. The summed E-state index contributed by atoms with van der Waals surface area (Å²) in [5, 5.41) is 3.40. The highest BCUT2D eigenvalue weighted by Crippen LogP contribution is 2.28. The first-order chi connectivity index (χ1) is 9.08. The number of amides is 1. The van der Waals surface area contributed by atoms with Crippen LogP contribution in [-0.4, -0.2) is 12.5 Å². The largest absolute Gasteiger partial charge is 0.397 e. The van der Waals surface area contributed by atoms with Gasteiger partial charge in [-0.1, -0.05) is 37.4 Å². The Morgan fingerprint density at radius 2 is 2.05 bits per heavy atom. The van der Waals surface area contributed by atoms with Gasteiger partial charge < -0.3 is 11.1 Å². The quantitative estimate of drug-likeness (QED) is 0.833. The fourth-order valence-corrected chi connectivity index (χ4v) is 2.78. The monoisotopic (exact) mass is 280 g/mol. The molecule has 0 radical (unpaired) electrons. The topological polar surface area (TPSA) is 55.1 Å². The van der Waals surface area contributed by atoms with Crippen molar-refractivity contribution in [3.05, 3.63) is 28.8 Å². The predicted octanol–water partition coefficient (Wildman–Crippen LogP) is 3.48. The van der Waals surface area contributed by atoms with Crippen LogP contribution in [0.25, 0.3) is 0 Å². The first-order valence-corrected chi connectivity index (χ1v) is 7.28. The maximum Gasteiger partial charge on any atom is 0.253 e. The standard InChI is InChI=1S/C15H21ClN2O/c1-10-5-7-11(8-6-10)9-18-15(19)12-3-2-4-13(16)14(12)17/h2-4,10-11H,5-9,17H2,1H3,(H,18,19). The van der Waals surface area contributed by atoms with Crippen LogP contribution in [0.4, 0.5) is 5.69 Å². The lowest BCUT2D eigenvalue weighted by Crippen LogP contribution is -2.31. The fraction of sp³-hybridized carbons (Fsp3) is 0.533. The Labute approximate surface area is 119 Å². The highest BCUT2D eigenvalue weighted by molar-refractivity contribution is 6.33. The van der Waals surface area contributed by atoms with E-state index < -0.39 is 0 Å². The van der Waals surface area contributed by atoms with Gasteiger partial charge in [-0.3, -0.25) is 4.79 Å². The SMILES string of the molecule is CC1CCC(CNC(=O)c2cccc(Cl)c2N)CC1. The molecule has 0 spiro atoms. The number of nitrogen functional groups attached to an aromatic ring is 1. The highest BCUT2D eigenvalue weighted by Gasteiger charge is 2.19. The van der Waals surface area contributed by atoms with E-state index in [9.17, 15) is 4.79 Å². The molecule has 1 aliphatic carbocycles. The lowest BCUT2D eigenvalue weighted by molar-refractivity contribution is 0.0943. The second-order valence-corrected chi connectivity index (χ2v) is 5.94. The van der Waals surface area contributed by atoms with Gasteiger partial charge in [-0.05, 0) is 36.8 Å². The number of carbonyl (C=O) groups is 1. The molecule has 2 rings (SSSR count). The highest BCUT2D eigenvalue weighted by atomic mass is 35.5. The number of halogens is 1. The molecule has 3 N–H and O–H groups in total. The molecule has 0 saturated heterocycles. The van der Waals surface area contributed by atoms with Crippen molar-refractivity contribution < 1.29 is 4.79 Å². The molecule has 1 aromatic carbocycles. The molecular weight excluding hydrogens is 260 g/mol. The molecule has 1 aromatic rings. The molecule has 0 bridgehead atoms. The van der Waals surface area contributed by atoms with Gasteiger partial charge in [0.15, 0.2) is 0 Å². The molecule has 4 heteroatoms. The number of para-hydroxylation sites is 1. The molecule has 104 valence electrons.